The summed E-state index contributed by atoms with van der Waals surface area (Å²) in [6, 6.07) is 13.3. The number of rotatable bonds is 8. The van der Waals surface area contributed by atoms with Gasteiger partial charge in [-0.15, -0.1) is 0 Å². The lowest BCUT2D eigenvalue weighted by molar-refractivity contribution is -0.384. The second-order valence-electron chi connectivity index (χ2n) is 7.60. The summed E-state index contributed by atoms with van der Waals surface area (Å²) in [6.07, 6.45) is 6.79. The van der Waals surface area contributed by atoms with E-state index in [0.29, 0.717) is 17.1 Å². The highest BCUT2D eigenvalue weighted by Crippen LogP contribution is 2.30. The molecule has 0 aromatic heterocycles. The molecular weight excluding hydrogens is 410 g/mol. The third kappa shape index (κ3) is 6.08. The molecule has 8 heteroatoms. The van der Waals surface area contributed by atoms with Gasteiger partial charge in [-0.3, -0.25) is 14.9 Å². The van der Waals surface area contributed by atoms with Crippen LogP contribution in [0.1, 0.15) is 43.2 Å². The van der Waals surface area contributed by atoms with E-state index in [4.69, 9.17) is 9.47 Å². The lowest BCUT2D eigenvalue weighted by Gasteiger charge is -2.22. The van der Waals surface area contributed by atoms with Gasteiger partial charge in [-0.05, 0) is 54.3 Å². The summed E-state index contributed by atoms with van der Waals surface area (Å²) >= 11 is 0. The van der Waals surface area contributed by atoms with Crippen molar-refractivity contribution in [2.24, 2.45) is 0 Å². The van der Waals surface area contributed by atoms with Crippen molar-refractivity contribution in [1.29, 1.82) is 5.26 Å². The minimum Gasteiger partial charge on any atom is -0.493 e. The van der Waals surface area contributed by atoms with Crippen molar-refractivity contribution >= 4 is 17.7 Å². The van der Waals surface area contributed by atoms with E-state index in [-0.39, 0.29) is 29.8 Å². The van der Waals surface area contributed by atoms with Crippen LogP contribution >= 0.6 is 0 Å². The molecule has 1 amide bonds. The van der Waals surface area contributed by atoms with Crippen LogP contribution in [-0.2, 0) is 11.4 Å². The first-order chi connectivity index (χ1) is 15.5. The Bertz CT molecular complexity index is 1030. The fraction of sp³-hybridized carbons (Fsp3) is 0.333. The number of methoxy groups -OCH3 is 1. The maximum atomic E-state index is 12.5. The van der Waals surface area contributed by atoms with Gasteiger partial charge in [0.25, 0.3) is 11.6 Å². The molecule has 2 aromatic rings. The van der Waals surface area contributed by atoms with Gasteiger partial charge in [-0.25, -0.2) is 0 Å². The standard InChI is InChI=1S/C24H25N3O5/c1-31-23-14-18(13-19(15-25)24(28)26-20-5-3-2-4-6-20)9-12-22(23)32-16-17-7-10-21(11-8-17)27(29)30/h7-14,20H,2-6,16H2,1H3,(H,26,28). The lowest BCUT2D eigenvalue weighted by atomic mass is 9.95. The number of nitriles is 1. The number of hydrogen-bond acceptors (Lipinski definition) is 6. The molecule has 0 heterocycles. The van der Waals surface area contributed by atoms with Gasteiger partial charge < -0.3 is 14.8 Å². The number of non-ortho nitro benzene ring substituents is 1. The van der Waals surface area contributed by atoms with Crippen molar-refractivity contribution in [2.45, 2.75) is 44.8 Å². The molecule has 0 bridgehead atoms. The highest BCUT2D eigenvalue weighted by molar-refractivity contribution is 6.01. The van der Waals surface area contributed by atoms with Crippen LogP contribution in [0.3, 0.4) is 0 Å². The molecule has 8 nitrogen and oxygen atoms in total. The first kappa shape index (κ1) is 22.8. The van der Waals surface area contributed by atoms with Crippen molar-refractivity contribution < 1.29 is 19.2 Å². The summed E-state index contributed by atoms with van der Waals surface area (Å²) in [7, 11) is 1.50. The normalized spacial score (nSPS) is 14.3. The molecule has 1 fully saturated rings. The molecule has 0 atom stereocenters. The molecule has 0 unspecified atom stereocenters. The number of carbonyl (C=O) groups excluding carboxylic acids is 1. The maximum absolute atomic E-state index is 12.5. The number of amides is 1. The largest absolute Gasteiger partial charge is 0.493 e. The summed E-state index contributed by atoms with van der Waals surface area (Å²) in [4.78, 5) is 22.8. The number of nitrogens with zero attached hydrogens (tertiary/aromatic N) is 2. The van der Waals surface area contributed by atoms with Gasteiger partial charge in [0.2, 0.25) is 0 Å². The molecule has 1 aliphatic rings. The molecule has 1 saturated carbocycles. The fourth-order valence-corrected chi connectivity index (χ4v) is 3.59. The Morgan fingerprint density at radius 3 is 2.53 bits per heavy atom. The van der Waals surface area contributed by atoms with E-state index in [9.17, 15) is 20.2 Å². The first-order valence-electron chi connectivity index (χ1n) is 10.5. The van der Waals surface area contributed by atoms with Crippen LogP contribution in [0, 0.1) is 21.4 Å². The Morgan fingerprint density at radius 2 is 1.91 bits per heavy atom. The topological polar surface area (TPSA) is 114 Å². The van der Waals surface area contributed by atoms with E-state index in [2.05, 4.69) is 5.32 Å². The fourth-order valence-electron chi connectivity index (χ4n) is 3.59. The van der Waals surface area contributed by atoms with Gasteiger partial charge >= 0.3 is 0 Å². The number of carbonyl (C=O) groups is 1. The van der Waals surface area contributed by atoms with Crippen LogP contribution in [0.5, 0.6) is 11.5 Å². The molecule has 0 saturated heterocycles. The highest BCUT2D eigenvalue weighted by Gasteiger charge is 2.18. The van der Waals surface area contributed by atoms with Gasteiger partial charge in [0, 0.05) is 18.2 Å². The van der Waals surface area contributed by atoms with Gasteiger partial charge in [0.05, 0.1) is 12.0 Å². The second kappa shape index (κ2) is 11.0. The van der Waals surface area contributed by atoms with E-state index < -0.39 is 4.92 Å². The molecule has 0 radical (unpaired) electrons. The van der Waals surface area contributed by atoms with Gasteiger partial charge in [0.15, 0.2) is 11.5 Å². The second-order valence-corrected chi connectivity index (χ2v) is 7.60. The molecule has 1 N–H and O–H groups in total. The van der Waals surface area contributed by atoms with Crippen molar-refractivity contribution in [1.82, 2.24) is 5.32 Å². The van der Waals surface area contributed by atoms with E-state index in [1.54, 1.807) is 30.3 Å². The molecule has 0 spiro atoms. The number of benzene rings is 2. The zero-order chi connectivity index (χ0) is 22.9. The van der Waals surface area contributed by atoms with E-state index in [0.717, 1.165) is 31.2 Å². The molecule has 1 aliphatic carbocycles. The van der Waals surface area contributed by atoms with Crippen LogP contribution in [-0.4, -0.2) is 24.0 Å². The zero-order valence-electron chi connectivity index (χ0n) is 17.9. The Kier molecular flexibility index (Phi) is 7.81. The average Bonchev–Trinajstić information content (AvgIpc) is 2.82. The SMILES string of the molecule is COc1cc(C=C(C#N)C(=O)NC2CCCCC2)ccc1OCc1ccc([N+](=O)[O-])cc1. The summed E-state index contributed by atoms with van der Waals surface area (Å²) in [5, 5.41) is 23.2. The summed E-state index contributed by atoms with van der Waals surface area (Å²) in [5.41, 5.74) is 1.47. The summed E-state index contributed by atoms with van der Waals surface area (Å²) < 4.78 is 11.2. The van der Waals surface area contributed by atoms with E-state index >= 15 is 0 Å². The van der Waals surface area contributed by atoms with E-state index in [1.165, 1.54) is 31.7 Å². The number of hydrogen-bond donors (Lipinski definition) is 1. The Hall–Kier alpha value is -3.86. The number of ether oxygens (including phenoxy) is 2. The quantitative estimate of drug-likeness (QED) is 0.282. The highest BCUT2D eigenvalue weighted by atomic mass is 16.6. The number of nitrogens with one attached hydrogen (secondary N) is 1. The van der Waals surface area contributed by atoms with Crippen molar-refractivity contribution in [3.05, 3.63) is 69.3 Å². The molecule has 32 heavy (non-hydrogen) atoms. The molecule has 0 aliphatic heterocycles. The van der Waals surface area contributed by atoms with Gasteiger partial charge in [0.1, 0.15) is 18.2 Å². The summed E-state index contributed by atoms with van der Waals surface area (Å²) in [5.74, 6) is 0.565. The van der Waals surface area contributed by atoms with Gasteiger partial charge in [-0.2, -0.15) is 5.26 Å². The van der Waals surface area contributed by atoms with Crippen molar-refractivity contribution in [3.63, 3.8) is 0 Å². The predicted octanol–water partition coefficient (Wildman–Crippen LogP) is 4.54. The van der Waals surface area contributed by atoms with Crippen LogP contribution in [0.15, 0.2) is 48.0 Å². The minimum atomic E-state index is -0.454. The molecular formula is C24H25N3O5. The smallest absolute Gasteiger partial charge is 0.269 e. The molecule has 2 aromatic carbocycles. The van der Waals surface area contributed by atoms with Crippen LogP contribution in [0.2, 0.25) is 0 Å². The Balaban J connectivity index is 1.68. The minimum absolute atomic E-state index is 0.0169. The third-order valence-electron chi connectivity index (χ3n) is 5.35. The maximum Gasteiger partial charge on any atom is 0.269 e. The van der Waals surface area contributed by atoms with Crippen LogP contribution in [0.4, 0.5) is 5.69 Å². The summed E-state index contributed by atoms with van der Waals surface area (Å²) in [6.45, 7) is 0.205. The average molecular weight is 435 g/mol. The monoisotopic (exact) mass is 435 g/mol. The van der Waals surface area contributed by atoms with Gasteiger partial charge in [-0.1, -0.05) is 25.3 Å². The van der Waals surface area contributed by atoms with Crippen LogP contribution in [0.25, 0.3) is 6.08 Å². The van der Waals surface area contributed by atoms with Crippen molar-refractivity contribution in [2.75, 3.05) is 7.11 Å². The Morgan fingerprint density at radius 1 is 1.19 bits per heavy atom. The van der Waals surface area contributed by atoms with Crippen molar-refractivity contribution in [3.8, 4) is 17.6 Å². The zero-order valence-corrected chi connectivity index (χ0v) is 17.9. The third-order valence-corrected chi connectivity index (χ3v) is 5.35. The number of nitro groups is 1. The first-order valence-corrected chi connectivity index (χ1v) is 10.5. The predicted molar refractivity (Wildman–Crippen MR) is 119 cm³/mol. The van der Waals surface area contributed by atoms with E-state index in [1.807, 2.05) is 6.07 Å². The van der Waals surface area contributed by atoms with Crippen LogP contribution < -0.4 is 14.8 Å². The number of nitro benzene ring substituents is 1. The Labute approximate surface area is 186 Å². The molecule has 166 valence electrons. The molecule has 3 rings (SSSR count). The lowest BCUT2D eigenvalue weighted by Crippen LogP contribution is -2.36.